The molecule has 0 atom stereocenters. The maximum absolute atomic E-state index is 13.3. The summed E-state index contributed by atoms with van der Waals surface area (Å²) in [5.74, 6) is -1.47. The van der Waals surface area contributed by atoms with E-state index in [1.165, 1.54) is 26.0 Å². The summed E-state index contributed by atoms with van der Waals surface area (Å²) in [6.45, 7) is 2.87. The topological polar surface area (TPSA) is 71.1 Å². The number of hydrogen-bond donors (Lipinski definition) is 0. The summed E-state index contributed by atoms with van der Waals surface area (Å²) >= 11 is 0. The van der Waals surface area contributed by atoms with Gasteiger partial charge in [-0.15, -0.1) is 0 Å². The zero-order valence-electron chi connectivity index (χ0n) is 11.7. The SMILES string of the molecule is CCOC(=O)c1cnn(-c2c(C)ccc[n+]2[O-])c1C(F)(F)F. The molecule has 0 bridgehead atoms. The van der Waals surface area contributed by atoms with Crippen LogP contribution < -0.4 is 4.73 Å². The Morgan fingerprint density at radius 3 is 2.73 bits per heavy atom. The van der Waals surface area contributed by atoms with Crippen LogP contribution >= 0.6 is 0 Å². The Bertz CT molecular complexity index is 690. The van der Waals surface area contributed by atoms with Crippen molar-refractivity contribution in [2.24, 2.45) is 0 Å². The fraction of sp³-hybridized carbons (Fsp3) is 0.308. The molecular weight excluding hydrogens is 303 g/mol. The van der Waals surface area contributed by atoms with Crippen molar-refractivity contribution in [1.82, 2.24) is 9.78 Å². The first-order chi connectivity index (χ1) is 10.3. The van der Waals surface area contributed by atoms with Crippen LogP contribution in [-0.4, -0.2) is 22.4 Å². The summed E-state index contributed by atoms with van der Waals surface area (Å²) in [6, 6.07) is 2.87. The lowest BCUT2D eigenvalue weighted by molar-refractivity contribution is -0.600. The van der Waals surface area contributed by atoms with Gasteiger partial charge in [-0.25, -0.2) is 9.52 Å². The minimum absolute atomic E-state index is 0.0762. The molecule has 0 N–H and O–H groups in total. The van der Waals surface area contributed by atoms with E-state index in [0.717, 1.165) is 12.4 Å². The van der Waals surface area contributed by atoms with Crippen molar-refractivity contribution in [3.8, 4) is 5.82 Å². The van der Waals surface area contributed by atoms with Crippen molar-refractivity contribution in [2.45, 2.75) is 20.0 Å². The molecule has 0 fully saturated rings. The average molecular weight is 315 g/mol. The molecule has 6 nitrogen and oxygen atoms in total. The number of carbonyl (C=O) groups excluding carboxylic acids is 1. The smallest absolute Gasteiger partial charge is 0.457 e. The van der Waals surface area contributed by atoms with Crippen LogP contribution in [0.15, 0.2) is 24.5 Å². The van der Waals surface area contributed by atoms with Crippen molar-refractivity contribution < 1.29 is 27.4 Å². The number of rotatable bonds is 3. The lowest BCUT2D eigenvalue weighted by atomic mass is 10.2. The first-order valence-corrected chi connectivity index (χ1v) is 6.28. The van der Waals surface area contributed by atoms with Gasteiger partial charge in [0.05, 0.1) is 19.0 Å². The quantitative estimate of drug-likeness (QED) is 0.493. The van der Waals surface area contributed by atoms with Gasteiger partial charge in [0, 0.05) is 5.56 Å². The maximum Gasteiger partial charge on any atom is 0.457 e. The second-order valence-corrected chi connectivity index (χ2v) is 4.38. The highest BCUT2D eigenvalue weighted by Crippen LogP contribution is 2.33. The Balaban J connectivity index is 2.71. The second-order valence-electron chi connectivity index (χ2n) is 4.38. The maximum atomic E-state index is 13.3. The van der Waals surface area contributed by atoms with Crippen molar-refractivity contribution in [2.75, 3.05) is 6.61 Å². The lowest BCUT2D eigenvalue weighted by Gasteiger charge is -2.12. The molecule has 9 heteroatoms. The van der Waals surface area contributed by atoms with E-state index in [9.17, 15) is 23.2 Å². The van der Waals surface area contributed by atoms with Crippen LogP contribution in [0, 0.1) is 12.1 Å². The van der Waals surface area contributed by atoms with Gasteiger partial charge in [-0.1, -0.05) is 9.78 Å². The molecule has 2 aromatic rings. The standard InChI is InChI=1S/C13H12F3N3O3/c1-3-22-12(20)9-7-17-19(10(9)13(14,15)16)11-8(2)5-4-6-18(11)21/h4-7H,3H2,1-2H3. The molecule has 0 unspecified atom stereocenters. The van der Waals surface area contributed by atoms with Crippen molar-refractivity contribution in [3.63, 3.8) is 0 Å². The minimum Gasteiger partial charge on any atom is -0.711 e. The second kappa shape index (κ2) is 5.66. The summed E-state index contributed by atoms with van der Waals surface area (Å²) in [7, 11) is 0. The summed E-state index contributed by atoms with van der Waals surface area (Å²) < 4.78 is 45.2. The molecule has 22 heavy (non-hydrogen) atoms. The van der Waals surface area contributed by atoms with Crippen LogP contribution in [0.25, 0.3) is 5.82 Å². The molecule has 0 aliphatic rings. The van der Waals surface area contributed by atoms with Gasteiger partial charge in [-0.2, -0.15) is 13.2 Å². The van der Waals surface area contributed by atoms with Gasteiger partial charge in [-0.05, 0) is 26.0 Å². The van der Waals surface area contributed by atoms with Crippen molar-refractivity contribution in [1.29, 1.82) is 0 Å². The van der Waals surface area contributed by atoms with Crippen molar-refractivity contribution >= 4 is 5.97 Å². The van der Waals surface area contributed by atoms with Gasteiger partial charge < -0.3 is 9.94 Å². The Morgan fingerprint density at radius 1 is 1.50 bits per heavy atom. The highest BCUT2D eigenvalue weighted by atomic mass is 19.4. The molecule has 2 heterocycles. The molecule has 0 spiro atoms. The number of carbonyl (C=O) groups is 1. The molecular formula is C13H12F3N3O3. The first kappa shape index (κ1) is 15.8. The van der Waals surface area contributed by atoms with Gasteiger partial charge in [-0.3, -0.25) is 0 Å². The summed E-state index contributed by atoms with van der Waals surface area (Å²) in [5.41, 5.74) is -1.80. The molecule has 0 aliphatic carbocycles. The fourth-order valence-electron chi connectivity index (χ4n) is 1.98. The highest BCUT2D eigenvalue weighted by molar-refractivity contribution is 5.90. The van der Waals surface area contributed by atoms with Crippen LogP contribution in [0.1, 0.15) is 28.5 Å². The van der Waals surface area contributed by atoms with Gasteiger partial charge >= 0.3 is 18.0 Å². The predicted molar refractivity (Wildman–Crippen MR) is 68.2 cm³/mol. The Kier molecular flexibility index (Phi) is 4.07. The number of halogens is 3. The van der Waals surface area contributed by atoms with Gasteiger partial charge in [0.25, 0.3) is 5.69 Å². The molecule has 0 aromatic carbocycles. The Morgan fingerprint density at radius 2 is 2.18 bits per heavy atom. The van der Waals surface area contributed by atoms with Crippen LogP contribution in [-0.2, 0) is 10.9 Å². The molecule has 0 saturated heterocycles. The van der Waals surface area contributed by atoms with Crippen LogP contribution in [0.4, 0.5) is 13.2 Å². The lowest BCUT2D eigenvalue weighted by Crippen LogP contribution is -2.35. The number of pyridine rings is 1. The zero-order valence-corrected chi connectivity index (χ0v) is 11.7. The van der Waals surface area contributed by atoms with E-state index in [1.807, 2.05) is 0 Å². The third-order valence-corrected chi connectivity index (χ3v) is 2.86. The molecule has 0 saturated carbocycles. The van der Waals surface area contributed by atoms with Gasteiger partial charge in [0.15, 0.2) is 0 Å². The Labute approximate surface area is 123 Å². The minimum atomic E-state index is -4.88. The van der Waals surface area contributed by atoms with Gasteiger partial charge in [0.1, 0.15) is 5.56 Å². The fourth-order valence-corrected chi connectivity index (χ4v) is 1.98. The van der Waals surface area contributed by atoms with E-state index in [4.69, 9.17) is 0 Å². The molecule has 0 amide bonds. The number of ether oxygens (including phenoxy) is 1. The predicted octanol–water partition coefficient (Wildman–Crippen LogP) is 2.01. The number of aryl methyl sites for hydroxylation is 1. The number of aromatic nitrogens is 3. The molecule has 2 rings (SSSR count). The number of alkyl halides is 3. The summed E-state index contributed by atoms with van der Waals surface area (Å²) in [4.78, 5) is 11.7. The van der Waals surface area contributed by atoms with E-state index in [-0.39, 0.29) is 22.7 Å². The van der Waals surface area contributed by atoms with Crippen LogP contribution in [0.3, 0.4) is 0 Å². The number of esters is 1. The van der Waals surface area contributed by atoms with Crippen molar-refractivity contribution in [3.05, 3.63) is 46.6 Å². The normalized spacial score (nSPS) is 11.5. The highest BCUT2D eigenvalue weighted by Gasteiger charge is 2.46. The molecule has 118 valence electrons. The van der Waals surface area contributed by atoms with Crippen LogP contribution in [0.2, 0.25) is 0 Å². The third kappa shape index (κ3) is 2.74. The number of hydrogen-bond acceptors (Lipinski definition) is 4. The molecule has 2 aromatic heterocycles. The third-order valence-electron chi connectivity index (χ3n) is 2.86. The summed E-state index contributed by atoms with van der Waals surface area (Å²) in [5, 5.41) is 15.3. The Hall–Kier alpha value is -2.58. The van der Waals surface area contributed by atoms with E-state index < -0.39 is 23.4 Å². The average Bonchev–Trinajstić information content (AvgIpc) is 2.83. The summed E-state index contributed by atoms with van der Waals surface area (Å²) in [6.07, 6.45) is -3.09. The zero-order chi connectivity index (χ0) is 16.5. The van der Waals surface area contributed by atoms with E-state index in [1.54, 1.807) is 0 Å². The molecule has 0 aliphatic heterocycles. The largest absolute Gasteiger partial charge is 0.711 e. The van der Waals surface area contributed by atoms with E-state index in [0.29, 0.717) is 4.68 Å². The van der Waals surface area contributed by atoms with E-state index in [2.05, 4.69) is 9.84 Å². The first-order valence-electron chi connectivity index (χ1n) is 6.28. The molecule has 0 radical (unpaired) electrons. The monoisotopic (exact) mass is 315 g/mol. The number of nitrogens with zero attached hydrogens (tertiary/aromatic N) is 3. The van der Waals surface area contributed by atoms with E-state index >= 15 is 0 Å². The van der Waals surface area contributed by atoms with Crippen LogP contribution in [0.5, 0.6) is 0 Å². The van der Waals surface area contributed by atoms with Gasteiger partial charge in [0.2, 0.25) is 0 Å².